The second-order valence-corrected chi connectivity index (χ2v) is 5.71. The summed E-state index contributed by atoms with van der Waals surface area (Å²) in [6.45, 7) is -0.0707. The van der Waals surface area contributed by atoms with Gasteiger partial charge in [-0.05, 0) is 31.0 Å². The predicted molar refractivity (Wildman–Crippen MR) is 70.5 cm³/mol. The Morgan fingerprint density at radius 2 is 2.10 bits per heavy atom. The molecule has 1 amide bonds. The number of nitrogens with zero attached hydrogens (tertiary/aromatic N) is 1. The van der Waals surface area contributed by atoms with Crippen LogP contribution in [-0.4, -0.2) is 35.2 Å². The van der Waals surface area contributed by atoms with Crippen molar-refractivity contribution in [3.63, 3.8) is 0 Å². The summed E-state index contributed by atoms with van der Waals surface area (Å²) in [4.78, 5) is 13.3. The summed E-state index contributed by atoms with van der Waals surface area (Å²) in [5.41, 5.74) is 0.0241. The van der Waals surface area contributed by atoms with Crippen LogP contribution in [0.5, 0.6) is 5.75 Å². The van der Waals surface area contributed by atoms with E-state index in [2.05, 4.69) is 15.9 Å². The maximum Gasteiger partial charge on any atom is 0.393 e. The first-order valence-electron chi connectivity index (χ1n) is 6.13. The van der Waals surface area contributed by atoms with Crippen molar-refractivity contribution in [1.82, 2.24) is 4.90 Å². The number of hydrogen-bond donors (Lipinski definition) is 1. The number of benzene rings is 1. The number of piperidine rings is 1. The minimum Gasteiger partial charge on any atom is -0.507 e. The summed E-state index contributed by atoms with van der Waals surface area (Å²) < 4.78 is 38.8. The largest absolute Gasteiger partial charge is 0.507 e. The van der Waals surface area contributed by atoms with Crippen molar-refractivity contribution in [3.8, 4) is 5.75 Å². The number of carbonyl (C=O) groups excluding carboxylic acids is 1. The molecule has 1 aromatic rings. The van der Waals surface area contributed by atoms with Crippen LogP contribution in [0.1, 0.15) is 23.2 Å². The molecule has 1 N–H and O–H groups in total. The highest BCUT2D eigenvalue weighted by atomic mass is 79.9. The number of aromatic hydroxyl groups is 1. The molecule has 1 atom stereocenters. The number of carbonyl (C=O) groups is 1. The first-order chi connectivity index (χ1) is 9.29. The Morgan fingerprint density at radius 3 is 2.70 bits per heavy atom. The molecule has 7 heteroatoms. The topological polar surface area (TPSA) is 40.5 Å². The molecule has 3 nitrogen and oxygen atoms in total. The lowest BCUT2D eigenvalue weighted by Crippen LogP contribution is -2.44. The van der Waals surface area contributed by atoms with Gasteiger partial charge in [-0.15, -0.1) is 0 Å². The summed E-state index contributed by atoms with van der Waals surface area (Å²) >= 11 is 3.14. The maximum absolute atomic E-state index is 12.7. The molecule has 0 bridgehead atoms. The summed E-state index contributed by atoms with van der Waals surface area (Å²) in [6.07, 6.45) is -3.94. The van der Waals surface area contributed by atoms with Crippen LogP contribution in [0.3, 0.4) is 0 Å². The minimum atomic E-state index is -4.29. The maximum atomic E-state index is 12.7. The molecule has 1 unspecified atom stereocenters. The van der Waals surface area contributed by atoms with E-state index in [9.17, 15) is 23.1 Å². The average molecular weight is 352 g/mol. The van der Waals surface area contributed by atoms with Crippen molar-refractivity contribution in [3.05, 3.63) is 28.2 Å². The summed E-state index contributed by atoms with van der Waals surface area (Å²) in [7, 11) is 0. The molecular weight excluding hydrogens is 339 g/mol. The van der Waals surface area contributed by atoms with Gasteiger partial charge in [0.1, 0.15) is 5.75 Å². The molecule has 1 heterocycles. The molecule has 110 valence electrons. The van der Waals surface area contributed by atoms with Crippen LogP contribution in [0.2, 0.25) is 0 Å². The van der Waals surface area contributed by atoms with Crippen molar-refractivity contribution in [1.29, 1.82) is 0 Å². The van der Waals surface area contributed by atoms with Gasteiger partial charge in [-0.3, -0.25) is 4.79 Å². The van der Waals surface area contributed by atoms with Crippen molar-refractivity contribution in [2.45, 2.75) is 19.0 Å². The zero-order valence-electron chi connectivity index (χ0n) is 10.5. The van der Waals surface area contributed by atoms with Crippen molar-refractivity contribution in [2.75, 3.05) is 13.1 Å². The van der Waals surface area contributed by atoms with Gasteiger partial charge in [-0.1, -0.05) is 15.9 Å². The van der Waals surface area contributed by atoms with Crippen LogP contribution < -0.4 is 0 Å². The lowest BCUT2D eigenvalue weighted by Gasteiger charge is -2.33. The molecule has 1 saturated heterocycles. The molecule has 2 rings (SSSR count). The van der Waals surface area contributed by atoms with E-state index >= 15 is 0 Å². The number of phenols is 1. The number of halogens is 4. The van der Waals surface area contributed by atoms with E-state index in [-0.39, 0.29) is 30.8 Å². The third-order valence-electron chi connectivity index (χ3n) is 3.36. The third kappa shape index (κ3) is 3.26. The molecule has 1 aromatic carbocycles. The Labute approximate surface area is 122 Å². The Balaban J connectivity index is 2.16. The van der Waals surface area contributed by atoms with E-state index in [0.717, 1.165) is 4.90 Å². The lowest BCUT2D eigenvalue weighted by atomic mass is 9.97. The van der Waals surface area contributed by atoms with Crippen LogP contribution in [0.25, 0.3) is 0 Å². The van der Waals surface area contributed by atoms with E-state index in [4.69, 9.17) is 0 Å². The van der Waals surface area contributed by atoms with Gasteiger partial charge >= 0.3 is 6.18 Å². The van der Waals surface area contributed by atoms with E-state index in [1.165, 1.54) is 12.1 Å². The first kappa shape index (κ1) is 15.2. The number of amides is 1. The second-order valence-electron chi connectivity index (χ2n) is 4.79. The predicted octanol–water partition coefficient (Wildman–Crippen LogP) is 3.57. The average Bonchev–Trinajstić information content (AvgIpc) is 2.37. The van der Waals surface area contributed by atoms with E-state index in [1.54, 1.807) is 6.07 Å². The molecule has 0 aromatic heterocycles. The highest BCUT2D eigenvalue weighted by Gasteiger charge is 2.42. The molecule has 0 saturated carbocycles. The van der Waals surface area contributed by atoms with Gasteiger partial charge in [-0.2, -0.15) is 13.2 Å². The number of likely N-dealkylation sites (tertiary alicyclic amines) is 1. The SMILES string of the molecule is O=C(c1ccc(Br)cc1O)N1CCCC(C(F)(F)F)C1. The lowest BCUT2D eigenvalue weighted by molar-refractivity contribution is -0.184. The van der Waals surface area contributed by atoms with Crippen molar-refractivity contribution in [2.24, 2.45) is 5.92 Å². The Bertz CT molecular complexity index is 519. The quantitative estimate of drug-likeness (QED) is 0.840. The number of hydrogen-bond acceptors (Lipinski definition) is 2. The fourth-order valence-corrected chi connectivity index (χ4v) is 2.63. The van der Waals surface area contributed by atoms with Gasteiger partial charge < -0.3 is 10.0 Å². The fraction of sp³-hybridized carbons (Fsp3) is 0.462. The van der Waals surface area contributed by atoms with E-state index < -0.39 is 18.0 Å². The van der Waals surface area contributed by atoms with Gasteiger partial charge in [0.2, 0.25) is 0 Å². The van der Waals surface area contributed by atoms with E-state index in [1.807, 2.05) is 0 Å². The van der Waals surface area contributed by atoms with Crippen LogP contribution in [-0.2, 0) is 0 Å². The first-order valence-corrected chi connectivity index (χ1v) is 6.93. The van der Waals surface area contributed by atoms with E-state index in [0.29, 0.717) is 10.9 Å². The smallest absolute Gasteiger partial charge is 0.393 e. The number of phenolic OH excluding ortho intramolecular Hbond substituents is 1. The molecule has 1 fully saturated rings. The summed E-state index contributed by atoms with van der Waals surface area (Å²) in [5, 5.41) is 9.72. The monoisotopic (exact) mass is 351 g/mol. The van der Waals surface area contributed by atoms with Crippen LogP contribution in [0.4, 0.5) is 13.2 Å². The Hall–Kier alpha value is -1.24. The molecule has 0 radical (unpaired) electrons. The number of alkyl halides is 3. The molecule has 20 heavy (non-hydrogen) atoms. The van der Waals surface area contributed by atoms with Crippen LogP contribution >= 0.6 is 15.9 Å². The molecule has 1 aliphatic heterocycles. The zero-order chi connectivity index (χ0) is 14.9. The van der Waals surface area contributed by atoms with Crippen LogP contribution in [0, 0.1) is 5.92 Å². The van der Waals surface area contributed by atoms with Gasteiger partial charge in [0.05, 0.1) is 11.5 Å². The standard InChI is InChI=1S/C13H13BrF3NO2/c14-9-3-4-10(11(19)6-9)12(20)18-5-1-2-8(7-18)13(15,16)17/h3-4,6,8,19H,1-2,5,7H2. The summed E-state index contributed by atoms with van der Waals surface area (Å²) in [6, 6.07) is 4.31. The van der Waals surface area contributed by atoms with Gasteiger partial charge in [0.25, 0.3) is 5.91 Å². The zero-order valence-corrected chi connectivity index (χ0v) is 12.0. The third-order valence-corrected chi connectivity index (χ3v) is 3.85. The number of rotatable bonds is 1. The minimum absolute atomic E-state index is 0.0241. The van der Waals surface area contributed by atoms with Crippen LogP contribution in [0.15, 0.2) is 22.7 Å². The van der Waals surface area contributed by atoms with Gasteiger partial charge in [0.15, 0.2) is 0 Å². The second kappa shape index (κ2) is 5.63. The molecular formula is C13H13BrF3NO2. The van der Waals surface area contributed by atoms with Crippen molar-refractivity contribution >= 4 is 21.8 Å². The Morgan fingerprint density at radius 1 is 1.40 bits per heavy atom. The normalized spacial score (nSPS) is 20.0. The molecule has 0 aliphatic carbocycles. The highest BCUT2D eigenvalue weighted by molar-refractivity contribution is 9.10. The van der Waals surface area contributed by atoms with Gasteiger partial charge in [-0.25, -0.2) is 0 Å². The van der Waals surface area contributed by atoms with Crippen molar-refractivity contribution < 1.29 is 23.1 Å². The molecule has 0 spiro atoms. The Kier molecular flexibility index (Phi) is 4.27. The molecule has 1 aliphatic rings. The van der Waals surface area contributed by atoms with Gasteiger partial charge in [0, 0.05) is 17.6 Å². The summed E-state index contributed by atoms with van der Waals surface area (Å²) in [5.74, 6) is -2.29. The highest BCUT2D eigenvalue weighted by Crippen LogP contribution is 2.34. The fourth-order valence-electron chi connectivity index (χ4n) is 2.28.